The first-order valence-electron chi connectivity index (χ1n) is 11.3. The second-order valence-corrected chi connectivity index (χ2v) is 7.77. The summed E-state index contributed by atoms with van der Waals surface area (Å²) in [6.07, 6.45) is 1.97. The monoisotopic (exact) mass is 465 g/mol. The van der Waals surface area contributed by atoms with Crippen LogP contribution in [0.2, 0.25) is 0 Å². The molecular weight excluding hydrogens is 434 g/mol. The molecule has 0 saturated carbocycles. The van der Waals surface area contributed by atoms with E-state index in [1.807, 2.05) is 0 Å². The van der Waals surface area contributed by atoms with Crippen LogP contribution in [0.1, 0.15) is 18.4 Å². The van der Waals surface area contributed by atoms with Gasteiger partial charge in [0.1, 0.15) is 36.2 Å². The third-order valence-corrected chi connectivity index (χ3v) is 5.31. The Bertz CT molecular complexity index is 951. The quantitative estimate of drug-likeness (QED) is 0.358. The maximum absolute atomic E-state index is 11.3. The molecule has 7 heteroatoms. The summed E-state index contributed by atoms with van der Waals surface area (Å²) in [5.41, 5.74) is 2.20. The van der Waals surface area contributed by atoms with Crippen LogP contribution in [-0.4, -0.2) is 49.6 Å². The standard InChI is InChI=1S/C27H31NO6/c1-32-27(31)4-2-3-21-5-7-22(8-6-21)28(17-19-33-25-13-9-23(29)10-14-25)18-20-34-26-15-11-24(30)12-16-26/h5-16,29-30H,2-4,17-20H2,1H3. The van der Waals surface area contributed by atoms with Crippen LogP contribution in [0.3, 0.4) is 0 Å². The number of aryl methyl sites for hydroxylation is 1. The molecule has 0 aliphatic carbocycles. The van der Waals surface area contributed by atoms with Crippen molar-refractivity contribution in [2.45, 2.75) is 19.3 Å². The second-order valence-electron chi connectivity index (χ2n) is 7.77. The van der Waals surface area contributed by atoms with Crippen molar-refractivity contribution in [2.24, 2.45) is 0 Å². The average molecular weight is 466 g/mol. The van der Waals surface area contributed by atoms with E-state index >= 15 is 0 Å². The Balaban J connectivity index is 1.57. The fourth-order valence-electron chi connectivity index (χ4n) is 3.41. The number of phenols is 2. The average Bonchev–Trinajstić information content (AvgIpc) is 2.86. The Morgan fingerprint density at radius 1 is 0.765 bits per heavy atom. The summed E-state index contributed by atoms with van der Waals surface area (Å²) < 4.78 is 16.4. The van der Waals surface area contributed by atoms with Crippen molar-refractivity contribution in [3.05, 3.63) is 78.4 Å². The minimum absolute atomic E-state index is 0.190. The van der Waals surface area contributed by atoms with E-state index in [-0.39, 0.29) is 17.5 Å². The Morgan fingerprint density at radius 2 is 1.26 bits per heavy atom. The SMILES string of the molecule is COC(=O)CCCc1ccc(N(CCOc2ccc(O)cc2)CCOc2ccc(O)cc2)cc1. The van der Waals surface area contributed by atoms with Gasteiger partial charge in [-0.2, -0.15) is 0 Å². The number of methoxy groups -OCH3 is 1. The minimum Gasteiger partial charge on any atom is -0.508 e. The number of carbonyl (C=O) groups excluding carboxylic acids is 1. The Kier molecular flexibility index (Phi) is 9.46. The zero-order valence-corrected chi connectivity index (χ0v) is 19.4. The third-order valence-electron chi connectivity index (χ3n) is 5.31. The van der Waals surface area contributed by atoms with Gasteiger partial charge in [-0.1, -0.05) is 12.1 Å². The zero-order valence-electron chi connectivity index (χ0n) is 19.4. The van der Waals surface area contributed by atoms with Crippen molar-refractivity contribution >= 4 is 11.7 Å². The van der Waals surface area contributed by atoms with E-state index < -0.39 is 0 Å². The van der Waals surface area contributed by atoms with Gasteiger partial charge in [-0.15, -0.1) is 0 Å². The molecular formula is C27H31NO6. The van der Waals surface area contributed by atoms with E-state index in [9.17, 15) is 15.0 Å². The van der Waals surface area contributed by atoms with Crippen LogP contribution in [0.15, 0.2) is 72.8 Å². The van der Waals surface area contributed by atoms with E-state index in [0.717, 1.165) is 24.1 Å². The van der Waals surface area contributed by atoms with Crippen molar-refractivity contribution in [2.75, 3.05) is 38.3 Å². The van der Waals surface area contributed by atoms with E-state index in [2.05, 4.69) is 29.2 Å². The molecule has 0 heterocycles. The van der Waals surface area contributed by atoms with E-state index in [4.69, 9.17) is 14.2 Å². The number of benzene rings is 3. The lowest BCUT2D eigenvalue weighted by Crippen LogP contribution is -2.32. The molecule has 0 atom stereocenters. The number of anilines is 1. The molecule has 34 heavy (non-hydrogen) atoms. The Hall–Kier alpha value is -3.87. The molecule has 3 aromatic carbocycles. The fraction of sp³-hybridized carbons (Fsp3) is 0.296. The number of nitrogens with zero attached hydrogens (tertiary/aromatic N) is 1. The highest BCUT2D eigenvalue weighted by Gasteiger charge is 2.09. The molecule has 7 nitrogen and oxygen atoms in total. The maximum Gasteiger partial charge on any atom is 0.305 e. The molecule has 2 N–H and O–H groups in total. The summed E-state index contributed by atoms with van der Waals surface area (Å²) in [5.74, 6) is 1.60. The second kappa shape index (κ2) is 13.0. The van der Waals surface area contributed by atoms with Gasteiger partial charge in [0.05, 0.1) is 20.2 Å². The van der Waals surface area contributed by atoms with Crippen molar-refractivity contribution < 1.29 is 29.2 Å². The van der Waals surface area contributed by atoms with Gasteiger partial charge in [0.25, 0.3) is 0 Å². The Morgan fingerprint density at radius 3 is 1.74 bits per heavy atom. The number of carbonyl (C=O) groups is 1. The van der Waals surface area contributed by atoms with Crippen molar-refractivity contribution in [1.82, 2.24) is 0 Å². The van der Waals surface area contributed by atoms with Crippen LogP contribution in [-0.2, 0) is 16.0 Å². The molecule has 3 aromatic rings. The first-order valence-corrected chi connectivity index (χ1v) is 11.3. The van der Waals surface area contributed by atoms with Crippen LogP contribution in [0.25, 0.3) is 0 Å². The predicted octanol–water partition coefficient (Wildman–Crippen LogP) is 4.56. The van der Waals surface area contributed by atoms with Gasteiger partial charge in [0.2, 0.25) is 0 Å². The molecule has 180 valence electrons. The summed E-state index contributed by atoms with van der Waals surface area (Å²) >= 11 is 0. The number of hydrogen-bond donors (Lipinski definition) is 2. The molecule has 0 unspecified atom stereocenters. The van der Waals surface area contributed by atoms with Gasteiger partial charge in [0, 0.05) is 12.1 Å². The topological polar surface area (TPSA) is 88.5 Å². The third kappa shape index (κ3) is 8.24. The van der Waals surface area contributed by atoms with E-state index in [1.165, 1.54) is 7.11 Å². The van der Waals surface area contributed by atoms with Gasteiger partial charge in [-0.25, -0.2) is 0 Å². The van der Waals surface area contributed by atoms with Crippen molar-refractivity contribution in [1.29, 1.82) is 0 Å². The highest BCUT2D eigenvalue weighted by molar-refractivity contribution is 5.69. The molecule has 0 fully saturated rings. The zero-order chi connectivity index (χ0) is 24.2. The van der Waals surface area contributed by atoms with Crippen LogP contribution < -0.4 is 14.4 Å². The summed E-state index contributed by atoms with van der Waals surface area (Å²) in [4.78, 5) is 13.5. The number of aromatic hydroxyl groups is 2. The lowest BCUT2D eigenvalue weighted by atomic mass is 10.1. The highest BCUT2D eigenvalue weighted by atomic mass is 16.5. The normalized spacial score (nSPS) is 10.5. The van der Waals surface area contributed by atoms with Crippen LogP contribution >= 0.6 is 0 Å². The lowest BCUT2D eigenvalue weighted by molar-refractivity contribution is -0.140. The first-order chi connectivity index (χ1) is 16.5. The summed E-state index contributed by atoms with van der Waals surface area (Å²) in [5, 5.41) is 18.9. The number of rotatable bonds is 13. The summed E-state index contributed by atoms with van der Waals surface area (Å²) in [6.45, 7) is 2.21. The molecule has 0 saturated heterocycles. The van der Waals surface area contributed by atoms with Gasteiger partial charge >= 0.3 is 5.97 Å². The Labute approximate surface area is 200 Å². The largest absolute Gasteiger partial charge is 0.508 e. The molecule has 0 bridgehead atoms. The van der Waals surface area contributed by atoms with Gasteiger partial charge in [-0.3, -0.25) is 4.79 Å². The molecule has 0 aliphatic rings. The highest BCUT2D eigenvalue weighted by Crippen LogP contribution is 2.20. The first kappa shape index (κ1) is 24.8. The number of ether oxygens (including phenoxy) is 3. The van der Waals surface area contributed by atoms with Gasteiger partial charge in [0.15, 0.2) is 0 Å². The summed E-state index contributed by atoms with van der Waals surface area (Å²) in [6, 6.07) is 21.6. The van der Waals surface area contributed by atoms with Crippen LogP contribution in [0.5, 0.6) is 23.0 Å². The van der Waals surface area contributed by atoms with E-state index in [0.29, 0.717) is 44.2 Å². The van der Waals surface area contributed by atoms with Crippen LogP contribution in [0.4, 0.5) is 5.69 Å². The number of hydrogen-bond acceptors (Lipinski definition) is 7. The maximum atomic E-state index is 11.3. The number of phenolic OH excluding ortho intramolecular Hbond substituents is 2. The predicted molar refractivity (Wildman–Crippen MR) is 131 cm³/mol. The molecule has 0 radical (unpaired) electrons. The van der Waals surface area contributed by atoms with Crippen molar-refractivity contribution in [3.8, 4) is 23.0 Å². The smallest absolute Gasteiger partial charge is 0.305 e. The van der Waals surface area contributed by atoms with E-state index in [1.54, 1.807) is 48.5 Å². The number of esters is 1. The van der Waals surface area contributed by atoms with Crippen molar-refractivity contribution in [3.63, 3.8) is 0 Å². The lowest BCUT2D eigenvalue weighted by Gasteiger charge is -2.25. The molecule has 0 amide bonds. The molecule has 0 aliphatic heterocycles. The molecule has 3 rings (SSSR count). The fourth-order valence-corrected chi connectivity index (χ4v) is 3.41. The van der Waals surface area contributed by atoms with Gasteiger partial charge < -0.3 is 29.3 Å². The van der Waals surface area contributed by atoms with Crippen LogP contribution in [0, 0.1) is 0 Å². The van der Waals surface area contributed by atoms with Gasteiger partial charge in [-0.05, 0) is 79.1 Å². The summed E-state index contributed by atoms with van der Waals surface area (Å²) in [7, 11) is 1.41. The minimum atomic E-state index is -0.190. The molecule has 0 spiro atoms. The molecule has 0 aromatic heterocycles.